The zero-order valence-corrected chi connectivity index (χ0v) is 14.8. The van der Waals surface area contributed by atoms with Gasteiger partial charge >= 0.3 is 17.9 Å². The van der Waals surface area contributed by atoms with Gasteiger partial charge in [-0.15, -0.1) is 0 Å². The molecule has 142 valence electrons. The fourth-order valence-corrected chi connectivity index (χ4v) is 2.65. The van der Waals surface area contributed by atoms with E-state index in [2.05, 4.69) is 5.32 Å². The van der Waals surface area contributed by atoms with Gasteiger partial charge in [0.25, 0.3) is 5.91 Å². The zero-order valence-electron chi connectivity index (χ0n) is 14.8. The lowest BCUT2D eigenvalue weighted by Crippen LogP contribution is -2.45. The molecule has 0 radical (unpaired) electrons. The molecule has 6 nitrogen and oxygen atoms in total. The van der Waals surface area contributed by atoms with Crippen LogP contribution < -0.4 is 5.32 Å². The Kier molecular flexibility index (Phi) is 7.99. The summed E-state index contributed by atoms with van der Waals surface area (Å²) >= 11 is 0. The van der Waals surface area contributed by atoms with Crippen LogP contribution in [0.1, 0.15) is 40.0 Å². The Morgan fingerprint density at radius 3 is 2.20 bits per heavy atom. The van der Waals surface area contributed by atoms with Crippen molar-refractivity contribution in [2.45, 2.75) is 46.0 Å². The summed E-state index contributed by atoms with van der Waals surface area (Å²) in [5.74, 6) is -8.50. The predicted molar refractivity (Wildman–Crippen MR) is 85.8 cm³/mol. The highest BCUT2D eigenvalue weighted by atomic mass is 19.3. The summed E-state index contributed by atoms with van der Waals surface area (Å²) in [6.07, 6.45) is 1.16. The number of esters is 2. The average Bonchev–Trinajstić information content (AvgIpc) is 2.59. The Balaban J connectivity index is 3.03. The highest BCUT2D eigenvalue weighted by molar-refractivity contribution is 5.88. The molecule has 1 aliphatic rings. The van der Waals surface area contributed by atoms with Gasteiger partial charge < -0.3 is 14.8 Å². The molecule has 0 bridgehead atoms. The summed E-state index contributed by atoms with van der Waals surface area (Å²) in [6.45, 7) is 5.28. The maximum atomic E-state index is 14.4. The molecule has 1 N–H and O–H groups in total. The number of carbonyl (C=O) groups is 3. The standard InChI is InChI=1S/C17H25F2NO5/c1-4-9-20-16(23)17(18,19)11-7-8-12(14(21)24-5-2)13(10-11)15(22)25-6-3/h7,12-13H,4-6,8-10H2,1-3H3,(H,20,23)/t12-,13-/m0/s1. The lowest BCUT2D eigenvalue weighted by atomic mass is 9.77. The normalized spacial score (nSPS) is 20.4. The largest absolute Gasteiger partial charge is 0.466 e. The SMILES string of the molecule is CCCNC(=O)C(F)(F)C1=CC[C@H](C(=O)OCC)[C@@H](C(=O)OCC)C1. The van der Waals surface area contributed by atoms with Crippen LogP contribution in [-0.2, 0) is 23.9 Å². The Morgan fingerprint density at radius 2 is 1.68 bits per heavy atom. The Labute approximate surface area is 145 Å². The van der Waals surface area contributed by atoms with E-state index in [9.17, 15) is 23.2 Å². The summed E-state index contributed by atoms with van der Waals surface area (Å²) in [7, 11) is 0. The van der Waals surface area contributed by atoms with E-state index in [1.807, 2.05) is 0 Å². The molecular weight excluding hydrogens is 336 g/mol. The van der Waals surface area contributed by atoms with E-state index >= 15 is 0 Å². The first-order valence-electron chi connectivity index (χ1n) is 8.48. The maximum absolute atomic E-state index is 14.4. The van der Waals surface area contributed by atoms with Crippen molar-refractivity contribution in [1.29, 1.82) is 0 Å². The minimum Gasteiger partial charge on any atom is -0.466 e. The molecule has 0 fully saturated rings. The van der Waals surface area contributed by atoms with E-state index in [0.717, 1.165) is 6.08 Å². The molecule has 0 saturated heterocycles. The third kappa shape index (κ3) is 5.24. The average molecular weight is 361 g/mol. The van der Waals surface area contributed by atoms with Gasteiger partial charge in [0.05, 0.1) is 25.0 Å². The smallest absolute Gasteiger partial charge is 0.345 e. The molecule has 2 atom stereocenters. The monoisotopic (exact) mass is 361 g/mol. The van der Waals surface area contributed by atoms with Crippen molar-refractivity contribution in [2.24, 2.45) is 11.8 Å². The summed E-state index contributed by atoms with van der Waals surface area (Å²) < 4.78 is 38.6. The Hall–Kier alpha value is -1.99. The number of hydrogen-bond acceptors (Lipinski definition) is 5. The van der Waals surface area contributed by atoms with Crippen LogP contribution >= 0.6 is 0 Å². The van der Waals surface area contributed by atoms with Crippen molar-refractivity contribution in [2.75, 3.05) is 19.8 Å². The molecule has 0 spiro atoms. The molecular formula is C17H25F2NO5. The quantitative estimate of drug-likeness (QED) is 0.530. The molecule has 0 saturated carbocycles. The molecule has 25 heavy (non-hydrogen) atoms. The number of amides is 1. The van der Waals surface area contributed by atoms with Crippen molar-refractivity contribution in [3.05, 3.63) is 11.6 Å². The van der Waals surface area contributed by atoms with Gasteiger partial charge in [-0.3, -0.25) is 14.4 Å². The molecule has 1 rings (SSSR count). The highest BCUT2D eigenvalue weighted by Gasteiger charge is 2.48. The molecule has 0 aromatic carbocycles. The van der Waals surface area contributed by atoms with Gasteiger partial charge in [0.1, 0.15) is 0 Å². The third-order valence-corrected chi connectivity index (χ3v) is 3.95. The van der Waals surface area contributed by atoms with Crippen LogP contribution in [0.5, 0.6) is 0 Å². The molecule has 8 heteroatoms. The fraction of sp³-hybridized carbons (Fsp3) is 0.706. The number of halogens is 2. The molecule has 0 aromatic rings. The summed E-state index contributed by atoms with van der Waals surface area (Å²) in [5.41, 5.74) is -0.472. The van der Waals surface area contributed by atoms with Gasteiger partial charge in [0, 0.05) is 12.1 Å². The fourth-order valence-electron chi connectivity index (χ4n) is 2.65. The predicted octanol–water partition coefficient (Wildman–Crippen LogP) is 2.23. The van der Waals surface area contributed by atoms with Crippen LogP contribution in [0.25, 0.3) is 0 Å². The Morgan fingerprint density at radius 1 is 1.12 bits per heavy atom. The van der Waals surface area contributed by atoms with Crippen molar-refractivity contribution in [3.8, 4) is 0 Å². The number of ether oxygens (including phenoxy) is 2. The van der Waals surface area contributed by atoms with E-state index in [0.29, 0.717) is 6.42 Å². The first kappa shape index (κ1) is 21.1. The Bertz CT molecular complexity index is 533. The van der Waals surface area contributed by atoms with Gasteiger partial charge in [-0.2, -0.15) is 8.78 Å². The van der Waals surface area contributed by atoms with Crippen LogP contribution in [0.3, 0.4) is 0 Å². The lowest BCUT2D eigenvalue weighted by molar-refractivity contribution is -0.161. The summed E-state index contributed by atoms with van der Waals surface area (Å²) in [5, 5.41) is 2.16. The summed E-state index contributed by atoms with van der Waals surface area (Å²) in [4.78, 5) is 35.9. The first-order chi connectivity index (χ1) is 11.8. The van der Waals surface area contributed by atoms with Crippen LogP contribution in [0.2, 0.25) is 0 Å². The van der Waals surface area contributed by atoms with E-state index in [1.54, 1.807) is 20.8 Å². The van der Waals surface area contributed by atoms with E-state index in [-0.39, 0.29) is 26.2 Å². The molecule has 1 amide bonds. The molecule has 1 aliphatic carbocycles. The molecule has 0 aliphatic heterocycles. The van der Waals surface area contributed by atoms with Crippen molar-refractivity contribution >= 4 is 17.8 Å². The van der Waals surface area contributed by atoms with Gasteiger partial charge in [-0.1, -0.05) is 13.0 Å². The van der Waals surface area contributed by atoms with Crippen LogP contribution in [0.4, 0.5) is 8.78 Å². The molecule has 0 unspecified atom stereocenters. The maximum Gasteiger partial charge on any atom is 0.345 e. The topological polar surface area (TPSA) is 81.7 Å². The molecule has 0 aromatic heterocycles. The van der Waals surface area contributed by atoms with Gasteiger partial charge in [0.15, 0.2) is 0 Å². The van der Waals surface area contributed by atoms with E-state index in [4.69, 9.17) is 9.47 Å². The molecule has 0 heterocycles. The van der Waals surface area contributed by atoms with Crippen LogP contribution in [-0.4, -0.2) is 43.5 Å². The first-order valence-corrected chi connectivity index (χ1v) is 8.48. The van der Waals surface area contributed by atoms with Gasteiger partial charge in [-0.25, -0.2) is 0 Å². The second kappa shape index (κ2) is 9.48. The highest BCUT2D eigenvalue weighted by Crippen LogP contribution is 2.39. The number of nitrogens with one attached hydrogen (secondary N) is 1. The number of alkyl halides is 2. The minimum absolute atomic E-state index is 0.0668. The number of rotatable bonds is 8. The van der Waals surface area contributed by atoms with Crippen LogP contribution in [0, 0.1) is 11.8 Å². The van der Waals surface area contributed by atoms with Crippen molar-refractivity contribution in [3.63, 3.8) is 0 Å². The zero-order chi connectivity index (χ0) is 19.0. The van der Waals surface area contributed by atoms with Crippen molar-refractivity contribution in [1.82, 2.24) is 5.32 Å². The number of carbonyl (C=O) groups excluding carboxylic acids is 3. The van der Waals surface area contributed by atoms with Crippen molar-refractivity contribution < 1.29 is 32.6 Å². The number of hydrogen-bond donors (Lipinski definition) is 1. The van der Waals surface area contributed by atoms with Gasteiger partial charge in [0.2, 0.25) is 0 Å². The third-order valence-electron chi connectivity index (χ3n) is 3.95. The minimum atomic E-state index is -3.74. The lowest BCUT2D eigenvalue weighted by Gasteiger charge is -2.30. The summed E-state index contributed by atoms with van der Waals surface area (Å²) in [6, 6.07) is 0. The van der Waals surface area contributed by atoms with E-state index in [1.165, 1.54) is 0 Å². The van der Waals surface area contributed by atoms with Gasteiger partial charge in [-0.05, 0) is 33.1 Å². The second-order valence-electron chi connectivity index (χ2n) is 5.72. The van der Waals surface area contributed by atoms with E-state index < -0.39 is 47.6 Å². The van der Waals surface area contributed by atoms with Crippen LogP contribution in [0.15, 0.2) is 11.6 Å². The second-order valence-corrected chi connectivity index (χ2v) is 5.72. The number of allylic oxidation sites excluding steroid dienone is 1.